The van der Waals surface area contributed by atoms with Crippen LogP contribution >= 0.6 is 23.4 Å². The Morgan fingerprint density at radius 3 is 2.76 bits per heavy atom. The summed E-state index contributed by atoms with van der Waals surface area (Å²) in [7, 11) is 0. The monoisotopic (exact) mass is 374 g/mol. The summed E-state index contributed by atoms with van der Waals surface area (Å²) in [6, 6.07) is 13.8. The topological polar surface area (TPSA) is 42.0 Å². The molecule has 0 aliphatic heterocycles. The highest BCUT2D eigenvalue weighted by Crippen LogP contribution is 2.28. The molecular formula is C19H16ClFN2OS. The minimum absolute atomic E-state index is 0.172. The Bertz CT molecular complexity index is 948. The molecule has 1 N–H and O–H groups in total. The molecule has 3 rings (SSSR count). The summed E-state index contributed by atoms with van der Waals surface area (Å²) in [5, 5.41) is 4.39. The van der Waals surface area contributed by atoms with Gasteiger partial charge in [-0.15, -0.1) is 0 Å². The van der Waals surface area contributed by atoms with Crippen molar-refractivity contribution in [1.82, 2.24) is 4.98 Å². The van der Waals surface area contributed by atoms with Crippen molar-refractivity contribution in [3.05, 3.63) is 64.9 Å². The molecule has 1 aromatic heterocycles. The number of anilines is 1. The fraction of sp³-hybridized carbons (Fsp3) is 0.158. The van der Waals surface area contributed by atoms with Gasteiger partial charge in [0.2, 0.25) is 5.91 Å². The molecule has 0 aliphatic carbocycles. The lowest BCUT2D eigenvalue weighted by molar-refractivity contribution is -0.115. The zero-order chi connectivity index (χ0) is 18.0. The number of carbonyl (C=O) groups excluding carboxylic acids is 1. The first-order chi connectivity index (χ1) is 11.9. The number of benzene rings is 2. The number of carbonyl (C=O) groups is 1. The van der Waals surface area contributed by atoms with E-state index in [4.69, 9.17) is 11.6 Å². The van der Waals surface area contributed by atoms with Gasteiger partial charge in [-0.3, -0.25) is 4.79 Å². The largest absolute Gasteiger partial charge is 0.324 e. The number of thioether (sulfide) groups is 1. The van der Waals surface area contributed by atoms with E-state index in [1.807, 2.05) is 37.3 Å². The average molecular weight is 375 g/mol. The maximum atomic E-state index is 13.1. The van der Waals surface area contributed by atoms with E-state index in [0.717, 1.165) is 21.5 Å². The van der Waals surface area contributed by atoms with Crippen molar-refractivity contribution in [3.63, 3.8) is 0 Å². The lowest BCUT2D eigenvalue weighted by Gasteiger charge is -2.13. The fourth-order valence-corrected chi connectivity index (χ4v) is 3.58. The quantitative estimate of drug-likeness (QED) is 0.617. The number of para-hydroxylation sites is 1. The van der Waals surface area contributed by atoms with E-state index >= 15 is 0 Å². The molecular weight excluding hydrogens is 359 g/mol. The number of amides is 1. The number of fused-ring (bicyclic) bond motifs is 1. The highest BCUT2D eigenvalue weighted by atomic mass is 35.5. The normalized spacial score (nSPS) is 12.2. The van der Waals surface area contributed by atoms with Gasteiger partial charge < -0.3 is 5.32 Å². The lowest BCUT2D eigenvalue weighted by Crippen LogP contribution is -2.22. The maximum Gasteiger partial charge on any atom is 0.237 e. The molecule has 128 valence electrons. The van der Waals surface area contributed by atoms with Crippen LogP contribution in [-0.4, -0.2) is 16.1 Å². The van der Waals surface area contributed by atoms with Crippen LogP contribution in [0.2, 0.25) is 5.02 Å². The molecule has 0 radical (unpaired) electrons. The van der Waals surface area contributed by atoms with Crippen molar-refractivity contribution in [2.24, 2.45) is 0 Å². The summed E-state index contributed by atoms with van der Waals surface area (Å²) in [6.07, 6.45) is 0. The van der Waals surface area contributed by atoms with Crippen LogP contribution in [0, 0.1) is 12.7 Å². The first-order valence-electron chi connectivity index (χ1n) is 7.73. The predicted octanol–water partition coefficient (Wildman–Crippen LogP) is 5.46. The van der Waals surface area contributed by atoms with Crippen LogP contribution in [-0.2, 0) is 4.79 Å². The molecule has 1 amide bonds. The van der Waals surface area contributed by atoms with Gasteiger partial charge in [-0.2, -0.15) is 0 Å². The first-order valence-corrected chi connectivity index (χ1v) is 8.99. The molecule has 0 aliphatic rings. The van der Waals surface area contributed by atoms with Crippen molar-refractivity contribution < 1.29 is 9.18 Å². The molecule has 3 aromatic rings. The summed E-state index contributed by atoms with van der Waals surface area (Å²) in [6.45, 7) is 3.82. The molecule has 1 atom stereocenters. The van der Waals surface area contributed by atoms with Crippen molar-refractivity contribution in [3.8, 4) is 0 Å². The second-order valence-corrected chi connectivity index (χ2v) is 7.44. The number of hydrogen-bond donors (Lipinski definition) is 1. The fourth-order valence-electron chi connectivity index (χ4n) is 2.44. The summed E-state index contributed by atoms with van der Waals surface area (Å²) < 4.78 is 13.1. The molecule has 2 aromatic carbocycles. The molecule has 0 saturated carbocycles. The van der Waals surface area contributed by atoms with Gasteiger partial charge in [-0.25, -0.2) is 9.37 Å². The van der Waals surface area contributed by atoms with Gasteiger partial charge in [0.05, 0.1) is 26.5 Å². The number of nitrogens with zero attached hydrogens (tertiary/aromatic N) is 1. The average Bonchev–Trinajstić information content (AvgIpc) is 2.57. The molecule has 0 fully saturated rings. The van der Waals surface area contributed by atoms with Gasteiger partial charge in [0.15, 0.2) is 0 Å². The van der Waals surface area contributed by atoms with Gasteiger partial charge >= 0.3 is 0 Å². The number of hydrogen-bond acceptors (Lipinski definition) is 3. The zero-order valence-electron chi connectivity index (χ0n) is 13.7. The smallest absolute Gasteiger partial charge is 0.237 e. The van der Waals surface area contributed by atoms with E-state index in [2.05, 4.69) is 10.3 Å². The van der Waals surface area contributed by atoms with Crippen LogP contribution in [0.1, 0.15) is 12.5 Å². The van der Waals surface area contributed by atoms with Crippen LogP contribution in [0.3, 0.4) is 0 Å². The van der Waals surface area contributed by atoms with Crippen LogP contribution in [0.15, 0.2) is 53.6 Å². The SMILES string of the molecule is Cc1cc(SC(C)C(=O)Nc2ccc(F)cc2Cl)nc2ccccc12. The number of halogens is 2. The van der Waals surface area contributed by atoms with Gasteiger partial charge in [-0.1, -0.05) is 41.6 Å². The van der Waals surface area contributed by atoms with E-state index in [0.29, 0.717) is 5.69 Å². The molecule has 1 heterocycles. The zero-order valence-corrected chi connectivity index (χ0v) is 15.3. The van der Waals surface area contributed by atoms with Gasteiger partial charge in [0.25, 0.3) is 0 Å². The Morgan fingerprint density at radius 2 is 2.00 bits per heavy atom. The third-order valence-corrected chi connectivity index (χ3v) is 5.09. The van der Waals surface area contributed by atoms with Crippen LogP contribution < -0.4 is 5.32 Å². The van der Waals surface area contributed by atoms with Gasteiger partial charge in [0, 0.05) is 5.39 Å². The van der Waals surface area contributed by atoms with E-state index in [1.54, 1.807) is 6.92 Å². The Labute approximate surface area is 154 Å². The van der Waals surface area contributed by atoms with Crippen molar-refractivity contribution in [1.29, 1.82) is 0 Å². The highest BCUT2D eigenvalue weighted by molar-refractivity contribution is 8.00. The third kappa shape index (κ3) is 4.11. The van der Waals surface area contributed by atoms with E-state index in [1.165, 1.54) is 30.0 Å². The molecule has 0 bridgehead atoms. The standard InChI is InChI=1S/C19H16ClFN2OS/c1-11-9-18(22-16-6-4-3-5-14(11)16)25-12(2)19(24)23-17-8-7-13(21)10-15(17)20/h3-10,12H,1-2H3,(H,23,24). The van der Waals surface area contributed by atoms with Gasteiger partial charge in [0.1, 0.15) is 5.82 Å². The van der Waals surface area contributed by atoms with E-state index < -0.39 is 5.82 Å². The Kier molecular flexibility index (Phi) is 5.25. The molecule has 25 heavy (non-hydrogen) atoms. The second kappa shape index (κ2) is 7.42. The molecule has 3 nitrogen and oxygen atoms in total. The summed E-state index contributed by atoms with van der Waals surface area (Å²) in [5.41, 5.74) is 2.41. The summed E-state index contributed by atoms with van der Waals surface area (Å²) in [4.78, 5) is 17.0. The molecule has 6 heteroatoms. The number of rotatable bonds is 4. The number of pyridine rings is 1. The van der Waals surface area contributed by atoms with Gasteiger partial charge in [-0.05, 0) is 49.7 Å². The van der Waals surface area contributed by atoms with Crippen molar-refractivity contribution in [2.75, 3.05) is 5.32 Å². The Balaban J connectivity index is 1.75. The van der Waals surface area contributed by atoms with Crippen LogP contribution in [0.5, 0.6) is 0 Å². The number of nitrogens with one attached hydrogen (secondary N) is 1. The molecule has 0 saturated heterocycles. The minimum atomic E-state index is -0.443. The Hall–Kier alpha value is -2.11. The van der Waals surface area contributed by atoms with Crippen LogP contribution in [0.25, 0.3) is 10.9 Å². The number of aryl methyl sites for hydroxylation is 1. The second-order valence-electron chi connectivity index (χ2n) is 5.67. The predicted molar refractivity (Wildman–Crippen MR) is 102 cm³/mol. The Morgan fingerprint density at radius 1 is 1.24 bits per heavy atom. The van der Waals surface area contributed by atoms with Crippen LogP contribution in [0.4, 0.5) is 10.1 Å². The lowest BCUT2D eigenvalue weighted by atomic mass is 10.1. The highest BCUT2D eigenvalue weighted by Gasteiger charge is 2.17. The minimum Gasteiger partial charge on any atom is -0.324 e. The number of aromatic nitrogens is 1. The molecule has 1 unspecified atom stereocenters. The maximum absolute atomic E-state index is 13.1. The first kappa shape index (κ1) is 17.7. The van der Waals surface area contributed by atoms with E-state index in [9.17, 15) is 9.18 Å². The third-order valence-electron chi connectivity index (χ3n) is 3.76. The molecule has 0 spiro atoms. The van der Waals surface area contributed by atoms with E-state index in [-0.39, 0.29) is 16.2 Å². The summed E-state index contributed by atoms with van der Waals surface area (Å²) in [5.74, 6) is -0.660. The summed E-state index contributed by atoms with van der Waals surface area (Å²) >= 11 is 7.32. The van der Waals surface area contributed by atoms with Crippen molar-refractivity contribution in [2.45, 2.75) is 24.1 Å². The van der Waals surface area contributed by atoms with Crippen molar-refractivity contribution >= 4 is 45.9 Å².